The van der Waals surface area contributed by atoms with Crippen LogP contribution in [-0.2, 0) is 29.5 Å². The maximum absolute atomic E-state index is 13.6. The van der Waals surface area contributed by atoms with Crippen molar-refractivity contribution in [2.24, 2.45) is 7.05 Å². The Morgan fingerprint density at radius 2 is 1.56 bits per heavy atom. The van der Waals surface area contributed by atoms with Crippen molar-refractivity contribution in [1.29, 1.82) is 0 Å². The molecule has 0 saturated heterocycles. The predicted molar refractivity (Wildman–Crippen MR) is 117 cm³/mol. The van der Waals surface area contributed by atoms with Gasteiger partial charge in [-0.15, -0.1) is 0 Å². The Balaban J connectivity index is 1.84. The van der Waals surface area contributed by atoms with E-state index in [1.54, 1.807) is 12.1 Å². The zero-order valence-electron chi connectivity index (χ0n) is 17.9. The molecule has 0 saturated carbocycles. The average molecular weight is 432 g/mol. The number of benzene rings is 2. The van der Waals surface area contributed by atoms with Crippen LogP contribution >= 0.6 is 0 Å². The van der Waals surface area contributed by atoms with Crippen molar-refractivity contribution in [2.45, 2.75) is 13.0 Å². The molecule has 0 atom stereocenters. The molecule has 0 bridgehead atoms. The van der Waals surface area contributed by atoms with Gasteiger partial charge in [0.2, 0.25) is 0 Å². The molecule has 0 amide bonds. The van der Waals surface area contributed by atoms with Gasteiger partial charge in [-0.1, -0.05) is 18.2 Å². The summed E-state index contributed by atoms with van der Waals surface area (Å²) in [6, 6.07) is 14.0. The first-order valence-electron chi connectivity index (χ1n) is 10.2. The van der Waals surface area contributed by atoms with Crippen LogP contribution in [0.15, 0.2) is 48.5 Å². The lowest BCUT2D eigenvalue weighted by Gasteiger charge is -2.21. The predicted octanol–water partition coefficient (Wildman–Crippen LogP) is 4.31. The summed E-state index contributed by atoms with van der Waals surface area (Å²) in [5, 5.41) is 1.11. The van der Waals surface area contributed by atoms with Gasteiger partial charge in [-0.2, -0.15) is 0 Å². The molecule has 0 spiro atoms. The van der Waals surface area contributed by atoms with Crippen LogP contribution in [0.2, 0.25) is 0 Å². The molecule has 1 aliphatic rings. The summed E-state index contributed by atoms with van der Waals surface area (Å²) in [6.45, 7) is 0.448. The number of carbonyl (C=O) groups excluding carboxylic acids is 2. The fraction of sp³-hybridized carbons (Fsp3) is 0.200. The van der Waals surface area contributed by atoms with Gasteiger partial charge in [0.1, 0.15) is 11.4 Å². The molecule has 32 heavy (non-hydrogen) atoms. The highest BCUT2D eigenvalue weighted by molar-refractivity contribution is 6.09. The van der Waals surface area contributed by atoms with E-state index in [9.17, 15) is 14.0 Å². The van der Waals surface area contributed by atoms with E-state index in [4.69, 9.17) is 9.47 Å². The summed E-state index contributed by atoms with van der Waals surface area (Å²) in [7, 11) is 4.57. The third-order valence-corrected chi connectivity index (χ3v) is 6.26. The quantitative estimate of drug-likeness (QED) is 0.399. The third-order valence-electron chi connectivity index (χ3n) is 6.26. The second-order valence-electron chi connectivity index (χ2n) is 7.80. The number of carbonyl (C=O) groups is 2. The minimum absolute atomic E-state index is 0.137. The van der Waals surface area contributed by atoms with Crippen LogP contribution in [0, 0.1) is 5.82 Å². The van der Waals surface area contributed by atoms with Crippen LogP contribution in [0.25, 0.3) is 22.2 Å². The van der Waals surface area contributed by atoms with Gasteiger partial charge >= 0.3 is 11.9 Å². The highest BCUT2D eigenvalue weighted by atomic mass is 19.1. The first-order valence-corrected chi connectivity index (χ1v) is 10.2. The first-order chi connectivity index (χ1) is 15.5. The number of fused-ring (bicyclic) bond motifs is 4. The Bertz CT molecular complexity index is 1400. The van der Waals surface area contributed by atoms with Crippen molar-refractivity contribution < 1.29 is 23.5 Å². The summed E-state index contributed by atoms with van der Waals surface area (Å²) in [5.74, 6) is -1.63. The number of hydrogen-bond acceptors (Lipinski definition) is 4. The number of ether oxygens (including phenoxy) is 2. The first kappa shape index (κ1) is 20.1. The molecule has 1 aliphatic heterocycles. The van der Waals surface area contributed by atoms with E-state index in [0.29, 0.717) is 29.9 Å². The molecule has 0 radical (unpaired) electrons. The van der Waals surface area contributed by atoms with E-state index in [0.717, 1.165) is 22.2 Å². The van der Waals surface area contributed by atoms with E-state index in [-0.39, 0.29) is 16.9 Å². The van der Waals surface area contributed by atoms with Gasteiger partial charge < -0.3 is 18.6 Å². The van der Waals surface area contributed by atoms with E-state index in [2.05, 4.69) is 16.7 Å². The van der Waals surface area contributed by atoms with Crippen molar-refractivity contribution in [2.75, 3.05) is 14.2 Å². The van der Waals surface area contributed by atoms with Crippen LogP contribution in [-0.4, -0.2) is 35.3 Å². The normalized spacial score (nSPS) is 12.4. The van der Waals surface area contributed by atoms with Gasteiger partial charge in [-0.25, -0.2) is 14.0 Å². The lowest BCUT2D eigenvalue weighted by atomic mass is 9.99. The number of methoxy groups -OCH3 is 2. The maximum atomic E-state index is 13.6. The van der Waals surface area contributed by atoms with Crippen molar-refractivity contribution >= 4 is 22.8 Å². The Morgan fingerprint density at radius 1 is 0.906 bits per heavy atom. The molecule has 3 heterocycles. The highest BCUT2D eigenvalue weighted by Crippen LogP contribution is 2.40. The smallest absolute Gasteiger partial charge is 0.340 e. The monoisotopic (exact) mass is 432 g/mol. The summed E-state index contributed by atoms with van der Waals surface area (Å²) in [5.41, 5.74) is 5.44. The molecule has 0 N–H and O–H groups in total. The molecule has 0 unspecified atom stereocenters. The number of rotatable bonds is 3. The Labute approximate surface area is 183 Å². The van der Waals surface area contributed by atoms with Crippen LogP contribution in [0.1, 0.15) is 37.7 Å². The van der Waals surface area contributed by atoms with E-state index in [1.165, 1.54) is 26.4 Å². The largest absolute Gasteiger partial charge is 0.465 e. The zero-order chi connectivity index (χ0) is 22.6. The van der Waals surface area contributed by atoms with Gasteiger partial charge in [0.25, 0.3) is 0 Å². The molecule has 4 aromatic rings. The second-order valence-corrected chi connectivity index (χ2v) is 7.80. The van der Waals surface area contributed by atoms with Gasteiger partial charge in [0.15, 0.2) is 0 Å². The Hall–Kier alpha value is -3.87. The molecule has 0 aliphatic carbocycles. The number of esters is 2. The summed E-state index contributed by atoms with van der Waals surface area (Å²) < 4.78 is 27.8. The lowest BCUT2D eigenvalue weighted by Crippen LogP contribution is -2.18. The number of aromatic nitrogens is 2. The molecule has 2 aromatic heterocycles. The van der Waals surface area contributed by atoms with Crippen LogP contribution in [0.5, 0.6) is 0 Å². The lowest BCUT2D eigenvalue weighted by molar-refractivity contribution is 0.0556. The SMILES string of the molecule is COC(=O)c1c(C(=O)OC)c(-c2ccc(F)cc2)n2c1Cc1c(n(C)c3ccccc13)C2. The summed E-state index contributed by atoms with van der Waals surface area (Å²) >= 11 is 0. The van der Waals surface area contributed by atoms with Crippen molar-refractivity contribution in [3.8, 4) is 11.3 Å². The van der Waals surface area contributed by atoms with Crippen molar-refractivity contribution in [3.63, 3.8) is 0 Å². The topological polar surface area (TPSA) is 62.5 Å². The number of nitrogens with zero attached hydrogens (tertiary/aromatic N) is 2. The molecule has 162 valence electrons. The number of aryl methyl sites for hydroxylation is 1. The number of para-hydroxylation sites is 1. The van der Waals surface area contributed by atoms with Crippen LogP contribution in [0.3, 0.4) is 0 Å². The van der Waals surface area contributed by atoms with Crippen LogP contribution < -0.4 is 0 Å². The standard InChI is InChI=1S/C25H21FN2O4/c1-27-18-7-5-4-6-16(18)17-12-19-21(24(29)31-2)22(25(30)32-3)23(28(19)13-20(17)27)14-8-10-15(26)11-9-14/h4-11H,12-13H2,1-3H3. The fourth-order valence-corrected chi connectivity index (χ4v) is 4.80. The number of halogens is 1. The maximum Gasteiger partial charge on any atom is 0.340 e. The second kappa shape index (κ2) is 7.37. The molecule has 0 fully saturated rings. The van der Waals surface area contributed by atoms with Gasteiger partial charge in [-0.05, 0) is 41.5 Å². The van der Waals surface area contributed by atoms with E-state index in [1.807, 2.05) is 23.7 Å². The van der Waals surface area contributed by atoms with Crippen molar-refractivity contribution in [1.82, 2.24) is 9.13 Å². The van der Waals surface area contributed by atoms with Crippen molar-refractivity contribution in [3.05, 3.63) is 82.4 Å². The fourth-order valence-electron chi connectivity index (χ4n) is 4.80. The third kappa shape index (κ3) is 2.77. The highest BCUT2D eigenvalue weighted by Gasteiger charge is 2.36. The molecule has 5 rings (SSSR count). The minimum Gasteiger partial charge on any atom is -0.465 e. The van der Waals surface area contributed by atoms with E-state index >= 15 is 0 Å². The molecular formula is C25H21FN2O4. The summed E-state index contributed by atoms with van der Waals surface area (Å²) in [4.78, 5) is 25.8. The van der Waals surface area contributed by atoms with Gasteiger partial charge in [0, 0.05) is 35.8 Å². The average Bonchev–Trinajstić information content (AvgIpc) is 3.30. The van der Waals surface area contributed by atoms with E-state index < -0.39 is 11.9 Å². The Kier molecular flexibility index (Phi) is 4.62. The number of hydrogen-bond donors (Lipinski definition) is 0. The molecular weight excluding hydrogens is 411 g/mol. The van der Waals surface area contributed by atoms with Gasteiger partial charge in [-0.3, -0.25) is 0 Å². The minimum atomic E-state index is -0.638. The van der Waals surface area contributed by atoms with Crippen LogP contribution in [0.4, 0.5) is 4.39 Å². The Morgan fingerprint density at radius 3 is 2.25 bits per heavy atom. The van der Waals surface area contributed by atoms with Gasteiger partial charge in [0.05, 0.1) is 32.0 Å². The zero-order valence-corrected chi connectivity index (χ0v) is 17.9. The molecule has 2 aromatic carbocycles. The molecule has 7 heteroatoms. The summed E-state index contributed by atoms with van der Waals surface area (Å²) in [6.07, 6.45) is 0.451. The molecule has 6 nitrogen and oxygen atoms in total.